The normalized spacial score (nSPS) is 15.0. The minimum Gasteiger partial charge on any atom is -0.192 e. The van der Waals surface area contributed by atoms with Gasteiger partial charge in [0.1, 0.15) is 0 Å². The molecule has 1 nitrogen and oxygen atoms in total. The Labute approximate surface area is 84.7 Å². The first-order valence-corrected chi connectivity index (χ1v) is 5.03. The van der Waals surface area contributed by atoms with Gasteiger partial charge in [0, 0.05) is 0 Å². The molecule has 2 rings (SSSR count). The lowest BCUT2D eigenvalue weighted by Crippen LogP contribution is -1.86. The number of allylic oxidation sites excluding steroid dienone is 2. The number of benzene rings is 1. The van der Waals surface area contributed by atoms with Crippen LogP contribution in [0.1, 0.15) is 30.0 Å². The lowest BCUT2D eigenvalue weighted by molar-refractivity contribution is 0.912. The van der Waals surface area contributed by atoms with Gasteiger partial charge in [-0.1, -0.05) is 24.3 Å². The van der Waals surface area contributed by atoms with E-state index in [9.17, 15) is 0 Å². The third-order valence-corrected chi connectivity index (χ3v) is 2.82. The summed E-state index contributed by atoms with van der Waals surface area (Å²) in [7, 11) is 0. The molecule has 0 saturated carbocycles. The fourth-order valence-electron chi connectivity index (χ4n) is 2.04. The van der Waals surface area contributed by atoms with Crippen LogP contribution in [0.5, 0.6) is 0 Å². The van der Waals surface area contributed by atoms with Crippen LogP contribution in [0.25, 0.3) is 5.57 Å². The number of aryl methyl sites for hydroxylation is 2. The molecular weight excluding hydrogens is 170 g/mol. The van der Waals surface area contributed by atoms with Gasteiger partial charge in [0.15, 0.2) is 0 Å². The van der Waals surface area contributed by atoms with Crippen molar-refractivity contribution >= 4 is 5.57 Å². The van der Waals surface area contributed by atoms with Crippen molar-refractivity contribution in [3.8, 4) is 6.07 Å². The van der Waals surface area contributed by atoms with Gasteiger partial charge in [-0.05, 0) is 42.9 Å². The zero-order valence-corrected chi connectivity index (χ0v) is 8.38. The van der Waals surface area contributed by atoms with E-state index >= 15 is 0 Å². The van der Waals surface area contributed by atoms with Crippen LogP contribution in [0.2, 0.25) is 0 Å². The maximum Gasteiger partial charge on any atom is 0.0994 e. The smallest absolute Gasteiger partial charge is 0.0994 e. The van der Waals surface area contributed by atoms with Crippen molar-refractivity contribution in [1.82, 2.24) is 0 Å². The Bertz CT molecular complexity index is 421. The molecule has 70 valence electrons. The van der Waals surface area contributed by atoms with Gasteiger partial charge < -0.3 is 0 Å². The molecule has 0 amide bonds. The van der Waals surface area contributed by atoms with Crippen LogP contribution in [0.4, 0.5) is 0 Å². The fourth-order valence-corrected chi connectivity index (χ4v) is 2.04. The molecule has 1 aliphatic rings. The summed E-state index contributed by atoms with van der Waals surface area (Å²) in [5.41, 5.74) is 4.73. The maximum absolute atomic E-state index is 8.91. The third-order valence-electron chi connectivity index (χ3n) is 2.82. The maximum atomic E-state index is 8.91. The van der Waals surface area contributed by atoms with Crippen LogP contribution < -0.4 is 0 Å². The molecule has 1 aliphatic carbocycles. The van der Waals surface area contributed by atoms with E-state index in [1.807, 2.05) is 13.0 Å². The molecule has 0 bridgehead atoms. The molecule has 1 aromatic rings. The second kappa shape index (κ2) is 3.67. The summed E-state index contributed by atoms with van der Waals surface area (Å²) in [4.78, 5) is 0. The van der Waals surface area contributed by atoms with Crippen LogP contribution in [-0.4, -0.2) is 0 Å². The highest BCUT2D eigenvalue weighted by molar-refractivity contribution is 5.77. The molecule has 0 radical (unpaired) electrons. The second-order valence-corrected chi connectivity index (χ2v) is 3.65. The van der Waals surface area contributed by atoms with Gasteiger partial charge in [-0.2, -0.15) is 5.26 Å². The van der Waals surface area contributed by atoms with Crippen LogP contribution in [0.3, 0.4) is 0 Å². The van der Waals surface area contributed by atoms with Gasteiger partial charge in [0.2, 0.25) is 0 Å². The van der Waals surface area contributed by atoms with Gasteiger partial charge in [0.05, 0.1) is 11.6 Å². The van der Waals surface area contributed by atoms with E-state index in [0.29, 0.717) is 0 Å². The van der Waals surface area contributed by atoms with Crippen LogP contribution in [0.15, 0.2) is 24.3 Å². The van der Waals surface area contributed by atoms with E-state index < -0.39 is 0 Å². The summed E-state index contributed by atoms with van der Waals surface area (Å²) in [5, 5.41) is 8.91. The highest BCUT2D eigenvalue weighted by Crippen LogP contribution is 2.25. The molecule has 0 N–H and O–H groups in total. The van der Waals surface area contributed by atoms with E-state index in [0.717, 1.165) is 11.1 Å². The largest absolute Gasteiger partial charge is 0.192 e. The summed E-state index contributed by atoms with van der Waals surface area (Å²) >= 11 is 0. The van der Waals surface area contributed by atoms with Crippen molar-refractivity contribution in [1.29, 1.82) is 5.26 Å². The second-order valence-electron chi connectivity index (χ2n) is 3.65. The zero-order valence-electron chi connectivity index (χ0n) is 8.38. The van der Waals surface area contributed by atoms with E-state index in [2.05, 4.69) is 24.3 Å². The summed E-state index contributed by atoms with van der Waals surface area (Å²) in [6, 6.07) is 8.61. The fraction of sp³-hybridized carbons (Fsp3) is 0.308. The predicted octanol–water partition coefficient (Wildman–Crippen LogP) is 3.10. The van der Waals surface area contributed by atoms with Crippen molar-refractivity contribution in [2.75, 3.05) is 0 Å². The molecule has 0 atom stereocenters. The molecule has 0 spiro atoms. The predicted molar refractivity (Wildman–Crippen MR) is 57.7 cm³/mol. The number of nitrogens with zero attached hydrogens (tertiary/aromatic N) is 1. The number of fused-ring (bicyclic) bond motifs is 1. The van der Waals surface area contributed by atoms with Crippen molar-refractivity contribution < 1.29 is 0 Å². The minimum absolute atomic E-state index is 0.778. The first kappa shape index (κ1) is 9.02. The van der Waals surface area contributed by atoms with Crippen molar-refractivity contribution in [2.24, 2.45) is 0 Å². The molecule has 1 aromatic carbocycles. The molecule has 0 fully saturated rings. The summed E-state index contributed by atoms with van der Waals surface area (Å²) in [6.45, 7) is 1.91. The highest BCUT2D eigenvalue weighted by atomic mass is 14.2. The summed E-state index contributed by atoms with van der Waals surface area (Å²) < 4.78 is 0. The van der Waals surface area contributed by atoms with E-state index in [1.54, 1.807) is 0 Å². The first-order chi connectivity index (χ1) is 6.85. The van der Waals surface area contributed by atoms with E-state index in [1.165, 1.54) is 30.4 Å². The third kappa shape index (κ3) is 1.44. The quantitative estimate of drug-likeness (QED) is 0.614. The molecular formula is C13H13N. The number of nitriles is 1. The van der Waals surface area contributed by atoms with E-state index in [4.69, 9.17) is 5.26 Å². The Kier molecular flexibility index (Phi) is 2.37. The monoisotopic (exact) mass is 183 g/mol. The molecule has 0 saturated heterocycles. The van der Waals surface area contributed by atoms with Gasteiger partial charge in [0.25, 0.3) is 0 Å². The van der Waals surface area contributed by atoms with Gasteiger partial charge in [-0.15, -0.1) is 0 Å². The summed E-state index contributed by atoms with van der Waals surface area (Å²) in [6.07, 6.45) is 5.51. The molecule has 0 aliphatic heterocycles. The molecule has 1 heteroatoms. The standard InChI is InChI=1S/C13H13N/c1-2-10(9-14)13-7-6-11-4-3-5-12(11)8-13/h2,6-8H,3-5H2,1H3/b10-2+. The molecule has 0 unspecified atom stereocenters. The zero-order chi connectivity index (χ0) is 9.97. The number of rotatable bonds is 1. The topological polar surface area (TPSA) is 23.8 Å². The molecule has 0 aromatic heterocycles. The average Bonchev–Trinajstić information content (AvgIpc) is 2.66. The van der Waals surface area contributed by atoms with Gasteiger partial charge in [-0.25, -0.2) is 0 Å². The SMILES string of the molecule is C/C=C(\C#N)c1ccc2c(c1)CCC2. The average molecular weight is 183 g/mol. The number of hydrogen-bond donors (Lipinski definition) is 0. The van der Waals surface area contributed by atoms with Gasteiger partial charge in [-0.3, -0.25) is 0 Å². The Morgan fingerprint density at radius 1 is 1.36 bits per heavy atom. The summed E-state index contributed by atoms with van der Waals surface area (Å²) in [5.74, 6) is 0. The van der Waals surface area contributed by atoms with Crippen molar-refractivity contribution in [2.45, 2.75) is 26.2 Å². The minimum atomic E-state index is 0.778. The van der Waals surface area contributed by atoms with Crippen molar-refractivity contribution in [3.05, 3.63) is 41.0 Å². The number of hydrogen-bond acceptors (Lipinski definition) is 1. The Hall–Kier alpha value is -1.55. The first-order valence-electron chi connectivity index (χ1n) is 5.03. The van der Waals surface area contributed by atoms with Crippen LogP contribution >= 0.6 is 0 Å². The van der Waals surface area contributed by atoms with Crippen LogP contribution in [-0.2, 0) is 12.8 Å². The molecule has 14 heavy (non-hydrogen) atoms. The Morgan fingerprint density at radius 2 is 2.14 bits per heavy atom. The van der Waals surface area contributed by atoms with Crippen LogP contribution in [0, 0.1) is 11.3 Å². The Morgan fingerprint density at radius 3 is 2.86 bits per heavy atom. The molecule has 0 heterocycles. The lowest BCUT2D eigenvalue weighted by Gasteiger charge is -2.02. The highest BCUT2D eigenvalue weighted by Gasteiger charge is 2.11. The van der Waals surface area contributed by atoms with E-state index in [-0.39, 0.29) is 0 Å². The van der Waals surface area contributed by atoms with Gasteiger partial charge >= 0.3 is 0 Å². The Balaban J connectivity index is 2.43. The van der Waals surface area contributed by atoms with Crippen molar-refractivity contribution in [3.63, 3.8) is 0 Å². The lowest BCUT2D eigenvalue weighted by atomic mass is 10.0.